The Morgan fingerprint density at radius 3 is 2.26 bits per heavy atom. The highest BCUT2D eigenvalue weighted by Gasteiger charge is 2.14. The Balaban J connectivity index is 1.63. The maximum atomic E-state index is 12.9. The highest BCUT2D eigenvalue weighted by Crippen LogP contribution is 2.19. The molecule has 0 heterocycles. The molecular weight excluding hydrogens is 446 g/mol. The standard InChI is InChI=1S/C27H29N3O3S/c1-17(2)16-33-22-13-10-20(11-14-22)25(31)30-27(34)29-24-8-6-5-7-23(24)26(32)28-21-12-9-18(3)19(4)15-21/h5-15,17H,16H2,1-4H3,(H,28,32)(H2,29,30,31,34). The van der Waals surface area contributed by atoms with E-state index in [1.807, 2.05) is 32.0 Å². The van der Waals surface area contributed by atoms with Gasteiger partial charge in [-0.25, -0.2) is 0 Å². The van der Waals surface area contributed by atoms with Gasteiger partial charge in [0, 0.05) is 11.3 Å². The molecule has 0 spiro atoms. The molecule has 0 aromatic heterocycles. The van der Waals surface area contributed by atoms with Crippen LogP contribution < -0.4 is 20.7 Å². The topological polar surface area (TPSA) is 79.5 Å². The number of rotatable bonds is 7. The van der Waals surface area contributed by atoms with Gasteiger partial charge < -0.3 is 15.4 Å². The Hall–Kier alpha value is -3.71. The van der Waals surface area contributed by atoms with Gasteiger partial charge >= 0.3 is 0 Å². The van der Waals surface area contributed by atoms with E-state index in [2.05, 4.69) is 29.8 Å². The van der Waals surface area contributed by atoms with E-state index < -0.39 is 0 Å². The number of benzene rings is 3. The number of thiocarbonyl (C=S) groups is 1. The molecule has 2 amide bonds. The largest absolute Gasteiger partial charge is 0.493 e. The van der Waals surface area contributed by atoms with Gasteiger partial charge in [-0.3, -0.25) is 14.9 Å². The summed E-state index contributed by atoms with van der Waals surface area (Å²) in [4.78, 5) is 25.5. The maximum absolute atomic E-state index is 12.9. The van der Waals surface area contributed by atoms with Crippen molar-refractivity contribution >= 4 is 40.5 Å². The van der Waals surface area contributed by atoms with Gasteiger partial charge in [0.15, 0.2) is 5.11 Å². The van der Waals surface area contributed by atoms with Crippen molar-refractivity contribution in [3.05, 3.63) is 89.0 Å². The Morgan fingerprint density at radius 2 is 1.59 bits per heavy atom. The molecule has 3 aromatic rings. The number of aryl methyl sites for hydroxylation is 2. The number of hydrogen-bond donors (Lipinski definition) is 3. The monoisotopic (exact) mass is 475 g/mol. The van der Waals surface area contributed by atoms with E-state index in [0.29, 0.717) is 40.8 Å². The zero-order valence-electron chi connectivity index (χ0n) is 19.8. The number of carbonyl (C=O) groups excluding carboxylic acids is 2. The van der Waals surface area contributed by atoms with Crippen LogP contribution in [0.25, 0.3) is 0 Å². The lowest BCUT2D eigenvalue weighted by atomic mass is 10.1. The van der Waals surface area contributed by atoms with E-state index in [1.165, 1.54) is 0 Å². The molecule has 0 unspecified atom stereocenters. The second kappa shape index (κ2) is 11.4. The SMILES string of the molecule is Cc1ccc(NC(=O)c2ccccc2NC(=S)NC(=O)c2ccc(OCC(C)C)cc2)cc1C. The zero-order chi connectivity index (χ0) is 24.7. The second-order valence-electron chi connectivity index (χ2n) is 8.44. The minimum absolute atomic E-state index is 0.0940. The molecule has 0 radical (unpaired) electrons. The third kappa shape index (κ3) is 6.89. The lowest BCUT2D eigenvalue weighted by Gasteiger charge is -2.14. The maximum Gasteiger partial charge on any atom is 0.257 e. The molecule has 0 aliphatic heterocycles. The minimum Gasteiger partial charge on any atom is -0.493 e. The van der Waals surface area contributed by atoms with Gasteiger partial charge in [-0.05, 0) is 91.6 Å². The van der Waals surface area contributed by atoms with E-state index >= 15 is 0 Å². The molecule has 6 nitrogen and oxygen atoms in total. The number of amides is 2. The molecule has 7 heteroatoms. The molecular formula is C27H29N3O3S. The van der Waals surface area contributed by atoms with Crippen LogP contribution in [0.5, 0.6) is 5.75 Å². The molecule has 0 saturated carbocycles. The number of anilines is 2. The third-order valence-electron chi connectivity index (χ3n) is 5.11. The molecule has 3 rings (SSSR count). The molecule has 3 N–H and O–H groups in total. The van der Waals surface area contributed by atoms with E-state index in [-0.39, 0.29) is 16.9 Å². The van der Waals surface area contributed by atoms with Gasteiger partial charge in [0.2, 0.25) is 0 Å². The van der Waals surface area contributed by atoms with Gasteiger partial charge in [0.25, 0.3) is 11.8 Å². The average molecular weight is 476 g/mol. The van der Waals surface area contributed by atoms with Gasteiger partial charge in [0.05, 0.1) is 17.9 Å². The van der Waals surface area contributed by atoms with Gasteiger partial charge in [-0.1, -0.05) is 32.0 Å². The number of hydrogen-bond acceptors (Lipinski definition) is 4. The highest BCUT2D eigenvalue weighted by molar-refractivity contribution is 7.80. The normalized spacial score (nSPS) is 10.5. The van der Waals surface area contributed by atoms with E-state index in [1.54, 1.807) is 48.5 Å². The fraction of sp³-hybridized carbons (Fsp3) is 0.222. The van der Waals surface area contributed by atoms with Crippen molar-refractivity contribution in [1.29, 1.82) is 0 Å². The number of para-hydroxylation sites is 1. The smallest absolute Gasteiger partial charge is 0.257 e. The third-order valence-corrected chi connectivity index (χ3v) is 5.32. The van der Waals surface area contributed by atoms with Crippen molar-refractivity contribution < 1.29 is 14.3 Å². The molecule has 0 fully saturated rings. The molecule has 3 aromatic carbocycles. The highest BCUT2D eigenvalue weighted by atomic mass is 32.1. The van der Waals surface area contributed by atoms with Crippen LogP contribution in [0.3, 0.4) is 0 Å². The van der Waals surface area contributed by atoms with Crippen molar-refractivity contribution in [2.45, 2.75) is 27.7 Å². The van der Waals surface area contributed by atoms with Crippen LogP contribution in [0.4, 0.5) is 11.4 Å². The fourth-order valence-electron chi connectivity index (χ4n) is 3.10. The lowest BCUT2D eigenvalue weighted by Crippen LogP contribution is -2.34. The summed E-state index contributed by atoms with van der Waals surface area (Å²) >= 11 is 5.32. The van der Waals surface area contributed by atoms with Crippen molar-refractivity contribution in [2.24, 2.45) is 5.92 Å². The summed E-state index contributed by atoms with van der Waals surface area (Å²) in [5, 5.41) is 8.61. The van der Waals surface area contributed by atoms with E-state index in [9.17, 15) is 9.59 Å². The molecule has 0 aliphatic rings. The summed E-state index contributed by atoms with van der Waals surface area (Å²) in [5.74, 6) is 0.481. The Bertz CT molecular complexity index is 1190. The zero-order valence-corrected chi connectivity index (χ0v) is 20.6. The summed E-state index contributed by atoms with van der Waals surface area (Å²) < 4.78 is 5.64. The molecule has 0 aliphatic carbocycles. The van der Waals surface area contributed by atoms with Crippen LogP contribution in [0.15, 0.2) is 66.7 Å². The summed E-state index contributed by atoms with van der Waals surface area (Å²) in [7, 11) is 0. The molecule has 0 bridgehead atoms. The minimum atomic E-state index is -0.357. The summed E-state index contributed by atoms with van der Waals surface area (Å²) in [5.41, 5.74) is 4.29. The van der Waals surface area contributed by atoms with Crippen LogP contribution in [0.1, 0.15) is 45.7 Å². The van der Waals surface area contributed by atoms with Crippen molar-refractivity contribution in [3.63, 3.8) is 0 Å². The van der Waals surface area contributed by atoms with Gasteiger partial charge in [-0.15, -0.1) is 0 Å². The summed E-state index contributed by atoms with van der Waals surface area (Å²) in [6.07, 6.45) is 0. The summed E-state index contributed by atoms with van der Waals surface area (Å²) in [6, 6.07) is 19.6. The first kappa shape index (κ1) is 24.9. The van der Waals surface area contributed by atoms with Crippen molar-refractivity contribution in [2.75, 3.05) is 17.2 Å². The quantitative estimate of drug-likeness (QED) is 0.381. The first-order valence-electron chi connectivity index (χ1n) is 11.1. The van der Waals surface area contributed by atoms with Crippen LogP contribution in [0.2, 0.25) is 0 Å². The average Bonchev–Trinajstić information content (AvgIpc) is 2.80. The Kier molecular flexibility index (Phi) is 8.38. The summed E-state index contributed by atoms with van der Waals surface area (Å²) in [6.45, 7) is 8.76. The predicted octanol–water partition coefficient (Wildman–Crippen LogP) is 5.72. The Labute approximate surface area is 205 Å². The fourth-order valence-corrected chi connectivity index (χ4v) is 3.30. The lowest BCUT2D eigenvalue weighted by molar-refractivity contribution is 0.0976. The first-order chi connectivity index (χ1) is 16.2. The van der Waals surface area contributed by atoms with Crippen LogP contribution in [-0.4, -0.2) is 23.5 Å². The number of ether oxygens (including phenoxy) is 1. The number of carbonyl (C=O) groups is 2. The van der Waals surface area contributed by atoms with E-state index in [0.717, 1.165) is 11.1 Å². The first-order valence-corrected chi connectivity index (χ1v) is 11.5. The second-order valence-corrected chi connectivity index (χ2v) is 8.84. The van der Waals surface area contributed by atoms with Crippen LogP contribution in [0, 0.1) is 19.8 Å². The molecule has 176 valence electrons. The van der Waals surface area contributed by atoms with Crippen LogP contribution >= 0.6 is 12.2 Å². The molecule has 0 saturated heterocycles. The van der Waals surface area contributed by atoms with E-state index in [4.69, 9.17) is 17.0 Å². The number of nitrogens with one attached hydrogen (secondary N) is 3. The molecule has 34 heavy (non-hydrogen) atoms. The van der Waals surface area contributed by atoms with Gasteiger partial charge in [0.1, 0.15) is 5.75 Å². The predicted molar refractivity (Wildman–Crippen MR) is 141 cm³/mol. The van der Waals surface area contributed by atoms with Crippen molar-refractivity contribution in [1.82, 2.24) is 5.32 Å². The van der Waals surface area contributed by atoms with Gasteiger partial charge in [-0.2, -0.15) is 0 Å². The van der Waals surface area contributed by atoms with Crippen LogP contribution in [-0.2, 0) is 0 Å². The van der Waals surface area contributed by atoms with Crippen molar-refractivity contribution in [3.8, 4) is 5.75 Å². The Morgan fingerprint density at radius 1 is 0.882 bits per heavy atom. The molecule has 0 atom stereocenters.